The van der Waals surface area contributed by atoms with Gasteiger partial charge in [0, 0.05) is 11.6 Å². The van der Waals surface area contributed by atoms with Crippen LogP contribution in [0, 0.1) is 5.92 Å². The SMILES string of the molecule is COc1cc(OC)cc(C(=O)N[C@@H](Cn2nccn2)C(C)C)c1. The molecule has 0 aliphatic carbocycles. The molecule has 1 aromatic heterocycles. The van der Waals surface area contributed by atoms with Crippen LogP contribution in [0.25, 0.3) is 0 Å². The van der Waals surface area contributed by atoms with Crippen molar-refractivity contribution in [1.82, 2.24) is 20.3 Å². The van der Waals surface area contributed by atoms with E-state index in [-0.39, 0.29) is 17.9 Å². The molecule has 0 spiro atoms. The lowest BCUT2D eigenvalue weighted by atomic mass is 10.0. The molecule has 0 saturated carbocycles. The first-order chi connectivity index (χ1) is 11.0. The molecule has 2 rings (SSSR count). The van der Waals surface area contributed by atoms with Gasteiger partial charge in [0.15, 0.2) is 0 Å². The predicted molar refractivity (Wildman–Crippen MR) is 85.7 cm³/mol. The summed E-state index contributed by atoms with van der Waals surface area (Å²) in [5.74, 6) is 1.19. The van der Waals surface area contributed by atoms with E-state index in [1.54, 1.807) is 49.6 Å². The number of nitrogens with zero attached hydrogens (tertiary/aromatic N) is 3. The molecule has 2 aromatic rings. The maximum absolute atomic E-state index is 12.6. The van der Waals surface area contributed by atoms with Crippen molar-refractivity contribution >= 4 is 5.91 Å². The van der Waals surface area contributed by atoms with Gasteiger partial charge in [0.1, 0.15) is 11.5 Å². The molecule has 7 nitrogen and oxygen atoms in total. The van der Waals surface area contributed by atoms with Gasteiger partial charge in [0.2, 0.25) is 0 Å². The third kappa shape index (κ3) is 4.45. The highest BCUT2D eigenvalue weighted by Gasteiger charge is 2.19. The molecular formula is C16H22N4O3. The number of nitrogens with one attached hydrogen (secondary N) is 1. The number of amides is 1. The van der Waals surface area contributed by atoms with Gasteiger partial charge in [-0.3, -0.25) is 4.79 Å². The number of methoxy groups -OCH3 is 2. The average molecular weight is 318 g/mol. The Morgan fingerprint density at radius 1 is 1.13 bits per heavy atom. The average Bonchev–Trinajstić information content (AvgIpc) is 3.06. The van der Waals surface area contributed by atoms with Crippen molar-refractivity contribution in [2.24, 2.45) is 5.92 Å². The minimum Gasteiger partial charge on any atom is -0.497 e. The highest BCUT2D eigenvalue weighted by molar-refractivity contribution is 5.95. The van der Waals surface area contributed by atoms with Crippen molar-refractivity contribution in [3.63, 3.8) is 0 Å². The molecule has 0 saturated heterocycles. The van der Waals surface area contributed by atoms with Crippen molar-refractivity contribution in [2.75, 3.05) is 14.2 Å². The lowest BCUT2D eigenvalue weighted by molar-refractivity contribution is 0.0917. The van der Waals surface area contributed by atoms with Crippen LogP contribution in [-0.2, 0) is 6.54 Å². The van der Waals surface area contributed by atoms with E-state index in [9.17, 15) is 4.79 Å². The Kier molecular flexibility index (Phi) is 5.56. The molecule has 0 bridgehead atoms. The summed E-state index contributed by atoms with van der Waals surface area (Å²) >= 11 is 0. The van der Waals surface area contributed by atoms with Crippen LogP contribution in [-0.4, -0.2) is 41.2 Å². The lowest BCUT2D eigenvalue weighted by Crippen LogP contribution is -2.42. The molecule has 1 aromatic carbocycles. The van der Waals surface area contributed by atoms with Crippen LogP contribution in [0.2, 0.25) is 0 Å². The van der Waals surface area contributed by atoms with Gasteiger partial charge in [0.05, 0.1) is 39.2 Å². The molecule has 7 heteroatoms. The van der Waals surface area contributed by atoms with E-state index in [1.165, 1.54) is 0 Å². The monoisotopic (exact) mass is 318 g/mol. The number of benzene rings is 1. The Balaban J connectivity index is 2.15. The first kappa shape index (κ1) is 16.8. The minimum atomic E-state index is -0.187. The molecule has 0 unspecified atom stereocenters. The Labute approximate surface area is 135 Å². The number of carbonyl (C=O) groups excluding carboxylic acids is 1. The van der Waals surface area contributed by atoms with Crippen molar-refractivity contribution in [1.29, 1.82) is 0 Å². The largest absolute Gasteiger partial charge is 0.497 e. The molecule has 0 aliphatic rings. The topological polar surface area (TPSA) is 78.3 Å². The zero-order valence-corrected chi connectivity index (χ0v) is 13.8. The lowest BCUT2D eigenvalue weighted by Gasteiger charge is -2.22. The summed E-state index contributed by atoms with van der Waals surface area (Å²) in [7, 11) is 3.10. The number of carbonyl (C=O) groups is 1. The van der Waals surface area contributed by atoms with E-state index in [2.05, 4.69) is 15.5 Å². The van der Waals surface area contributed by atoms with Gasteiger partial charge in [-0.2, -0.15) is 15.0 Å². The molecule has 0 fully saturated rings. The Bertz CT molecular complexity index is 619. The summed E-state index contributed by atoms with van der Waals surface area (Å²) in [6.45, 7) is 4.60. The van der Waals surface area contributed by atoms with Gasteiger partial charge in [-0.25, -0.2) is 0 Å². The van der Waals surface area contributed by atoms with E-state index >= 15 is 0 Å². The van der Waals surface area contributed by atoms with E-state index in [0.29, 0.717) is 23.6 Å². The summed E-state index contributed by atoms with van der Waals surface area (Å²) in [6.07, 6.45) is 3.23. The van der Waals surface area contributed by atoms with E-state index in [4.69, 9.17) is 9.47 Å². The van der Waals surface area contributed by atoms with E-state index in [0.717, 1.165) is 0 Å². The number of hydrogen-bond donors (Lipinski definition) is 1. The second-order valence-electron chi connectivity index (χ2n) is 5.51. The quantitative estimate of drug-likeness (QED) is 0.841. The predicted octanol–water partition coefficient (Wildman–Crippen LogP) is 1.75. The molecule has 0 aliphatic heterocycles. The fraction of sp³-hybridized carbons (Fsp3) is 0.438. The van der Waals surface area contributed by atoms with E-state index < -0.39 is 0 Å². The maximum Gasteiger partial charge on any atom is 0.251 e. The Morgan fingerprint density at radius 3 is 2.17 bits per heavy atom. The fourth-order valence-electron chi connectivity index (χ4n) is 2.13. The Morgan fingerprint density at radius 2 is 1.70 bits per heavy atom. The van der Waals surface area contributed by atoms with Crippen LogP contribution in [0.5, 0.6) is 11.5 Å². The summed E-state index contributed by atoms with van der Waals surface area (Å²) in [5.41, 5.74) is 0.486. The molecule has 124 valence electrons. The third-order valence-corrected chi connectivity index (χ3v) is 3.56. The van der Waals surface area contributed by atoms with Crippen LogP contribution >= 0.6 is 0 Å². The molecule has 1 heterocycles. The first-order valence-corrected chi connectivity index (χ1v) is 7.41. The van der Waals surface area contributed by atoms with Crippen molar-refractivity contribution in [3.8, 4) is 11.5 Å². The summed E-state index contributed by atoms with van der Waals surface area (Å²) in [4.78, 5) is 14.1. The van der Waals surface area contributed by atoms with Crippen LogP contribution in [0.3, 0.4) is 0 Å². The first-order valence-electron chi connectivity index (χ1n) is 7.41. The van der Waals surface area contributed by atoms with Crippen molar-refractivity contribution < 1.29 is 14.3 Å². The zero-order chi connectivity index (χ0) is 16.8. The second-order valence-corrected chi connectivity index (χ2v) is 5.51. The van der Waals surface area contributed by atoms with Gasteiger partial charge in [-0.1, -0.05) is 13.8 Å². The zero-order valence-electron chi connectivity index (χ0n) is 13.8. The summed E-state index contributed by atoms with van der Waals surface area (Å²) in [6, 6.07) is 5.00. The van der Waals surface area contributed by atoms with Gasteiger partial charge in [0.25, 0.3) is 5.91 Å². The van der Waals surface area contributed by atoms with Gasteiger partial charge >= 0.3 is 0 Å². The molecule has 0 radical (unpaired) electrons. The molecule has 1 amide bonds. The van der Waals surface area contributed by atoms with Crippen LogP contribution in [0.4, 0.5) is 0 Å². The normalized spacial score (nSPS) is 12.0. The maximum atomic E-state index is 12.6. The fourth-order valence-corrected chi connectivity index (χ4v) is 2.13. The number of aromatic nitrogens is 3. The second kappa shape index (κ2) is 7.62. The summed E-state index contributed by atoms with van der Waals surface area (Å²) in [5, 5.41) is 11.2. The van der Waals surface area contributed by atoms with E-state index in [1.807, 2.05) is 13.8 Å². The minimum absolute atomic E-state index is 0.0907. The van der Waals surface area contributed by atoms with Crippen molar-refractivity contribution in [2.45, 2.75) is 26.4 Å². The molecule has 23 heavy (non-hydrogen) atoms. The Hall–Kier alpha value is -2.57. The summed E-state index contributed by atoms with van der Waals surface area (Å²) < 4.78 is 10.4. The third-order valence-electron chi connectivity index (χ3n) is 3.56. The molecule has 1 N–H and O–H groups in total. The number of hydrogen-bond acceptors (Lipinski definition) is 5. The van der Waals surface area contributed by atoms with Crippen LogP contribution < -0.4 is 14.8 Å². The van der Waals surface area contributed by atoms with Crippen LogP contribution in [0.15, 0.2) is 30.6 Å². The highest BCUT2D eigenvalue weighted by atomic mass is 16.5. The van der Waals surface area contributed by atoms with Gasteiger partial charge in [-0.05, 0) is 18.1 Å². The molecule has 1 atom stereocenters. The number of rotatable bonds is 7. The van der Waals surface area contributed by atoms with Gasteiger partial charge < -0.3 is 14.8 Å². The highest BCUT2D eigenvalue weighted by Crippen LogP contribution is 2.22. The molecular weight excluding hydrogens is 296 g/mol. The van der Waals surface area contributed by atoms with Crippen molar-refractivity contribution in [3.05, 3.63) is 36.2 Å². The smallest absolute Gasteiger partial charge is 0.251 e. The number of ether oxygens (including phenoxy) is 2. The van der Waals surface area contributed by atoms with Gasteiger partial charge in [-0.15, -0.1) is 0 Å². The standard InChI is InChI=1S/C16H22N4O3/c1-11(2)15(10-20-17-5-6-18-20)19-16(21)12-7-13(22-3)9-14(8-12)23-4/h5-9,11,15H,10H2,1-4H3,(H,19,21)/t15-/m0/s1. The van der Waals surface area contributed by atoms with Crippen LogP contribution in [0.1, 0.15) is 24.2 Å².